The topological polar surface area (TPSA) is 140 Å². The van der Waals surface area contributed by atoms with Crippen LogP contribution in [0.3, 0.4) is 0 Å². The molecule has 4 N–H and O–H groups in total. The Morgan fingerprint density at radius 2 is 1.83 bits per heavy atom. The number of piperidine rings is 2. The normalized spacial score (nSPS) is 23.5. The van der Waals surface area contributed by atoms with E-state index in [0.29, 0.717) is 17.8 Å². The molecule has 1 aromatic carbocycles. The lowest BCUT2D eigenvalue weighted by Gasteiger charge is -2.34. The van der Waals surface area contributed by atoms with Crippen molar-refractivity contribution >= 4 is 39.3 Å². The summed E-state index contributed by atoms with van der Waals surface area (Å²) in [5.74, 6) is -3.20. The van der Waals surface area contributed by atoms with Gasteiger partial charge in [-0.05, 0) is 43.9 Å². The van der Waals surface area contributed by atoms with Crippen LogP contribution in [0, 0.1) is 18.3 Å². The van der Waals surface area contributed by atoms with E-state index in [1.807, 2.05) is 0 Å². The fourth-order valence-corrected chi connectivity index (χ4v) is 6.51. The molecule has 42 heavy (non-hydrogen) atoms. The molecule has 230 valence electrons. The number of benzene rings is 1. The van der Waals surface area contributed by atoms with Crippen molar-refractivity contribution < 1.29 is 35.9 Å². The molecule has 0 radical (unpaired) electrons. The minimum absolute atomic E-state index is 0.0642. The smallest absolute Gasteiger partial charge is 0.299 e. The quantitative estimate of drug-likeness (QED) is 0.299. The van der Waals surface area contributed by atoms with Gasteiger partial charge in [-0.1, -0.05) is 0 Å². The Kier molecular flexibility index (Phi) is 8.24. The van der Waals surface area contributed by atoms with E-state index in [1.54, 1.807) is 16.7 Å². The molecular weight excluding hydrogens is 582 g/mol. The number of rotatable bonds is 10. The average molecular weight is 616 g/mol. The zero-order valence-corrected chi connectivity index (χ0v) is 23.7. The summed E-state index contributed by atoms with van der Waals surface area (Å²) < 4.78 is 83.9. The highest BCUT2D eigenvalue weighted by Gasteiger charge is 2.62. The first-order valence-electron chi connectivity index (χ1n) is 13.7. The van der Waals surface area contributed by atoms with Crippen molar-refractivity contribution in [3.63, 3.8) is 0 Å². The second kappa shape index (κ2) is 11.4. The number of aromatic nitrogens is 2. The molecule has 1 aromatic heterocycles. The number of hydrogen-bond acceptors (Lipinski definition) is 8. The molecule has 0 bridgehead atoms. The molecule has 3 aliphatic rings. The third-order valence-electron chi connectivity index (χ3n) is 8.10. The van der Waals surface area contributed by atoms with Crippen molar-refractivity contribution in [1.29, 1.82) is 0 Å². The SMILES string of the molecule is Cc1cc(NC(=O)c2ccc(NS(=O)(=O)NCCO)cc2N2CC[C@@]3(C(F)F)C[C@H]3C2)nc(N2CCC(F)(F)CC2)n1. The lowest BCUT2D eigenvalue weighted by molar-refractivity contribution is -0.0222. The van der Waals surface area contributed by atoms with Gasteiger partial charge in [0.1, 0.15) is 5.82 Å². The second-order valence-corrected chi connectivity index (χ2v) is 12.6. The fourth-order valence-electron chi connectivity index (χ4n) is 5.64. The summed E-state index contributed by atoms with van der Waals surface area (Å²) in [4.78, 5) is 25.7. The van der Waals surface area contributed by atoms with Crippen molar-refractivity contribution in [2.45, 2.75) is 45.0 Å². The molecule has 2 aliphatic heterocycles. The number of amides is 1. The van der Waals surface area contributed by atoms with Crippen molar-refractivity contribution in [3.05, 3.63) is 35.5 Å². The maximum atomic E-state index is 13.7. The first-order chi connectivity index (χ1) is 19.8. The molecule has 1 saturated carbocycles. The van der Waals surface area contributed by atoms with Crippen LogP contribution in [-0.4, -0.2) is 81.1 Å². The third kappa shape index (κ3) is 6.54. The Morgan fingerprint density at radius 1 is 1.12 bits per heavy atom. The van der Waals surface area contributed by atoms with Gasteiger partial charge < -0.3 is 20.2 Å². The number of aliphatic hydroxyl groups excluding tert-OH is 1. The number of alkyl halides is 4. The van der Waals surface area contributed by atoms with E-state index in [0.717, 1.165) is 0 Å². The first-order valence-corrected chi connectivity index (χ1v) is 15.1. The molecule has 2 atom stereocenters. The van der Waals surface area contributed by atoms with Crippen LogP contribution in [-0.2, 0) is 10.2 Å². The van der Waals surface area contributed by atoms with Crippen LogP contribution in [0.5, 0.6) is 0 Å². The maximum Gasteiger partial charge on any atom is 0.299 e. The summed E-state index contributed by atoms with van der Waals surface area (Å²) in [6.45, 7) is 1.74. The Labute approximate surface area is 240 Å². The van der Waals surface area contributed by atoms with Crippen molar-refractivity contribution in [2.24, 2.45) is 11.3 Å². The number of aliphatic hydroxyl groups is 1. The van der Waals surface area contributed by atoms with Gasteiger partial charge in [-0.15, -0.1) is 0 Å². The summed E-state index contributed by atoms with van der Waals surface area (Å²) in [6, 6.07) is 5.83. The summed E-state index contributed by atoms with van der Waals surface area (Å²) in [5.41, 5.74) is 0.159. The molecule has 2 aromatic rings. The van der Waals surface area contributed by atoms with Gasteiger partial charge in [0.05, 0.1) is 23.5 Å². The Balaban J connectivity index is 1.40. The molecule has 0 spiro atoms. The van der Waals surface area contributed by atoms with Gasteiger partial charge >= 0.3 is 0 Å². The molecule has 3 heterocycles. The average Bonchev–Trinajstić information content (AvgIpc) is 3.67. The fraction of sp³-hybridized carbons (Fsp3) is 0.577. The van der Waals surface area contributed by atoms with Gasteiger partial charge in [0, 0.05) is 62.7 Å². The predicted molar refractivity (Wildman–Crippen MR) is 149 cm³/mol. The first kappa shape index (κ1) is 30.2. The lowest BCUT2D eigenvalue weighted by atomic mass is 9.95. The number of hydrogen-bond donors (Lipinski definition) is 4. The summed E-state index contributed by atoms with van der Waals surface area (Å²) in [6.07, 6.45) is -2.49. The van der Waals surface area contributed by atoms with Gasteiger partial charge in [0.15, 0.2) is 0 Å². The standard InChI is InChI=1S/C26H33F4N7O4S/c1-16-12-21(34-24(32-16)36-9-5-26(29,30)6-10-36)33-22(39)19-3-2-18(35-42(40,41)31-7-11-38)13-20(19)37-8-4-25(23(27)28)14-17(25)15-37/h2-3,12-13,17,23,31,35,38H,4-11,14-15H2,1H3,(H,32,33,34,39)/t17-,25+/m0/s1. The third-order valence-corrected chi connectivity index (χ3v) is 9.19. The van der Waals surface area contributed by atoms with Crippen LogP contribution in [0.15, 0.2) is 24.3 Å². The van der Waals surface area contributed by atoms with Gasteiger partial charge in [-0.25, -0.2) is 22.5 Å². The Hall–Kier alpha value is -3.24. The molecule has 1 aliphatic carbocycles. The molecule has 11 nitrogen and oxygen atoms in total. The number of halogens is 4. The Morgan fingerprint density at radius 3 is 2.50 bits per heavy atom. The van der Waals surface area contributed by atoms with Crippen molar-refractivity contribution in [1.82, 2.24) is 14.7 Å². The molecule has 16 heteroatoms. The van der Waals surface area contributed by atoms with E-state index in [-0.39, 0.29) is 80.9 Å². The van der Waals surface area contributed by atoms with Crippen LogP contribution in [0.1, 0.15) is 41.7 Å². The zero-order chi connectivity index (χ0) is 30.3. The number of carbonyl (C=O) groups is 1. The van der Waals surface area contributed by atoms with E-state index < -0.39 is 40.5 Å². The highest BCUT2D eigenvalue weighted by Crippen LogP contribution is 2.61. The number of anilines is 4. The lowest BCUT2D eigenvalue weighted by Crippen LogP contribution is -2.40. The number of aryl methyl sites for hydroxylation is 1. The summed E-state index contributed by atoms with van der Waals surface area (Å²) >= 11 is 0. The second-order valence-electron chi connectivity index (χ2n) is 11.1. The zero-order valence-electron chi connectivity index (χ0n) is 22.9. The highest BCUT2D eigenvalue weighted by atomic mass is 32.2. The predicted octanol–water partition coefficient (Wildman–Crippen LogP) is 2.99. The molecule has 3 fully saturated rings. The summed E-state index contributed by atoms with van der Waals surface area (Å²) in [7, 11) is -4.02. The number of carbonyl (C=O) groups excluding carboxylic acids is 1. The molecular formula is C26H33F4N7O4S. The van der Waals surface area contributed by atoms with Crippen LogP contribution < -0.4 is 24.6 Å². The minimum atomic E-state index is -4.02. The number of fused-ring (bicyclic) bond motifs is 1. The van der Waals surface area contributed by atoms with Gasteiger partial charge in [-0.3, -0.25) is 9.52 Å². The highest BCUT2D eigenvalue weighted by molar-refractivity contribution is 7.90. The van der Waals surface area contributed by atoms with Crippen molar-refractivity contribution in [3.8, 4) is 0 Å². The molecule has 0 unspecified atom stereocenters. The van der Waals surface area contributed by atoms with E-state index in [1.165, 1.54) is 24.3 Å². The van der Waals surface area contributed by atoms with Crippen molar-refractivity contribution in [2.75, 3.05) is 59.2 Å². The number of nitrogens with zero attached hydrogens (tertiary/aromatic N) is 4. The minimum Gasteiger partial charge on any atom is -0.395 e. The maximum absolute atomic E-state index is 13.7. The Bertz CT molecular complexity index is 1440. The monoisotopic (exact) mass is 615 g/mol. The summed E-state index contributed by atoms with van der Waals surface area (Å²) in [5, 5.41) is 11.7. The van der Waals surface area contributed by atoms with Gasteiger partial charge in [-0.2, -0.15) is 18.1 Å². The van der Waals surface area contributed by atoms with E-state index >= 15 is 0 Å². The number of nitrogens with one attached hydrogen (secondary N) is 3. The van der Waals surface area contributed by atoms with Crippen LogP contribution in [0.25, 0.3) is 0 Å². The van der Waals surface area contributed by atoms with Gasteiger partial charge in [0.2, 0.25) is 12.4 Å². The molecule has 1 amide bonds. The van der Waals surface area contributed by atoms with E-state index in [9.17, 15) is 30.8 Å². The van der Waals surface area contributed by atoms with E-state index in [2.05, 4.69) is 24.7 Å². The molecule has 5 rings (SSSR count). The van der Waals surface area contributed by atoms with Crippen LogP contribution in [0.4, 0.5) is 40.7 Å². The van der Waals surface area contributed by atoms with Crippen LogP contribution >= 0.6 is 0 Å². The molecule has 2 saturated heterocycles. The largest absolute Gasteiger partial charge is 0.395 e. The van der Waals surface area contributed by atoms with Gasteiger partial charge in [0.25, 0.3) is 22.0 Å². The van der Waals surface area contributed by atoms with Crippen LogP contribution in [0.2, 0.25) is 0 Å². The van der Waals surface area contributed by atoms with E-state index in [4.69, 9.17) is 5.11 Å².